The Morgan fingerprint density at radius 3 is 2.94 bits per heavy atom. The molecule has 2 heterocycles. The van der Waals surface area contributed by atoms with Crippen LogP contribution in [-0.4, -0.2) is 34.4 Å². The van der Waals surface area contributed by atoms with Crippen LogP contribution in [0.4, 0.5) is 5.00 Å². The highest BCUT2D eigenvalue weighted by molar-refractivity contribution is 7.99. The van der Waals surface area contributed by atoms with E-state index in [0.717, 1.165) is 31.2 Å². The molecule has 7 nitrogen and oxygen atoms in total. The monoisotopic (exact) mass is 496 g/mol. The van der Waals surface area contributed by atoms with E-state index >= 15 is 0 Å². The van der Waals surface area contributed by atoms with Gasteiger partial charge in [-0.2, -0.15) is 5.26 Å². The molecule has 0 atom stereocenters. The number of rotatable bonds is 9. The molecule has 0 bridgehead atoms. The van der Waals surface area contributed by atoms with Gasteiger partial charge in [-0.25, -0.2) is 4.98 Å². The van der Waals surface area contributed by atoms with Crippen molar-refractivity contribution in [2.24, 2.45) is 0 Å². The third-order valence-corrected chi connectivity index (χ3v) is 8.00. The first-order valence-electron chi connectivity index (χ1n) is 11.7. The van der Waals surface area contributed by atoms with Crippen LogP contribution in [-0.2, 0) is 28.9 Å². The Hall–Kier alpha value is -2.67. The molecule has 0 unspecified atom stereocenters. The van der Waals surface area contributed by atoms with Crippen LogP contribution in [0.1, 0.15) is 48.6 Å². The number of nitriles is 1. The predicted octanol–water partition coefficient (Wildman–Crippen LogP) is 4.76. The maximum atomic E-state index is 13.1. The number of nitrogens with zero attached hydrogens (tertiary/aromatic N) is 3. The van der Waals surface area contributed by atoms with Gasteiger partial charge in [0.25, 0.3) is 5.56 Å². The number of hydrogen-bond acceptors (Lipinski definition) is 7. The molecule has 1 aliphatic carbocycles. The zero-order valence-electron chi connectivity index (χ0n) is 19.3. The van der Waals surface area contributed by atoms with Crippen LogP contribution in [0.25, 0.3) is 10.9 Å². The van der Waals surface area contributed by atoms with Crippen molar-refractivity contribution in [1.29, 1.82) is 5.26 Å². The van der Waals surface area contributed by atoms with E-state index in [4.69, 9.17) is 4.74 Å². The van der Waals surface area contributed by atoms with Gasteiger partial charge in [0.1, 0.15) is 11.1 Å². The minimum absolute atomic E-state index is 0.101. The molecule has 0 aliphatic heterocycles. The molecule has 0 fully saturated rings. The first-order valence-corrected chi connectivity index (χ1v) is 13.5. The largest absolute Gasteiger partial charge is 0.382 e. The van der Waals surface area contributed by atoms with Crippen molar-refractivity contribution in [3.05, 3.63) is 50.6 Å². The first kappa shape index (κ1) is 24.5. The smallest absolute Gasteiger partial charge is 0.262 e. The number of para-hydroxylation sites is 1. The molecule has 1 aliphatic rings. The number of hydrogen-bond donors (Lipinski definition) is 1. The van der Waals surface area contributed by atoms with Crippen molar-refractivity contribution in [1.82, 2.24) is 9.55 Å². The fourth-order valence-electron chi connectivity index (χ4n) is 4.17. The summed E-state index contributed by atoms with van der Waals surface area (Å²) in [5.41, 5.74) is 2.22. The van der Waals surface area contributed by atoms with E-state index < -0.39 is 0 Å². The quantitative estimate of drug-likeness (QED) is 0.199. The summed E-state index contributed by atoms with van der Waals surface area (Å²) in [6, 6.07) is 9.55. The molecule has 1 amide bonds. The van der Waals surface area contributed by atoms with E-state index in [-0.39, 0.29) is 17.2 Å². The normalized spacial score (nSPS) is 13.3. The van der Waals surface area contributed by atoms with Crippen molar-refractivity contribution < 1.29 is 9.53 Å². The van der Waals surface area contributed by atoms with Gasteiger partial charge in [-0.3, -0.25) is 14.2 Å². The standard InChI is InChI=1S/C25H28N4O3S2/c1-2-32-14-8-13-29-24(31)18-10-6-7-11-20(18)27-25(29)33-16-22(30)28-23-19(15-26)17-9-4-3-5-12-21(17)34-23/h6-7,10-11H,2-5,8-9,12-14,16H2,1H3,(H,28,30). The van der Waals surface area contributed by atoms with Gasteiger partial charge in [0.05, 0.1) is 22.2 Å². The number of benzene rings is 1. The highest BCUT2D eigenvalue weighted by Crippen LogP contribution is 2.37. The maximum Gasteiger partial charge on any atom is 0.262 e. The molecule has 34 heavy (non-hydrogen) atoms. The molecule has 2 aromatic heterocycles. The summed E-state index contributed by atoms with van der Waals surface area (Å²) in [5.74, 6) is -0.106. The molecular formula is C25H28N4O3S2. The summed E-state index contributed by atoms with van der Waals surface area (Å²) in [7, 11) is 0. The summed E-state index contributed by atoms with van der Waals surface area (Å²) in [4.78, 5) is 31.8. The fraction of sp³-hybridized carbons (Fsp3) is 0.440. The number of fused-ring (bicyclic) bond motifs is 2. The Labute approximate surface area is 207 Å². The Bertz CT molecular complexity index is 1280. The Morgan fingerprint density at radius 2 is 2.12 bits per heavy atom. The average Bonchev–Trinajstić information content (AvgIpc) is 3.00. The van der Waals surface area contributed by atoms with Gasteiger partial charge in [-0.15, -0.1) is 11.3 Å². The van der Waals surface area contributed by atoms with E-state index in [1.54, 1.807) is 10.6 Å². The fourth-order valence-corrected chi connectivity index (χ4v) is 6.25. The minimum atomic E-state index is -0.207. The van der Waals surface area contributed by atoms with Crippen molar-refractivity contribution in [3.8, 4) is 6.07 Å². The molecular weight excluding hydrogens is 468 g/mol. The summed E-state index contributed by atoms with van der Waals surface area (Å²) in [6.45, 7) is 3.59. The number of aryl methyl sites for hydroxylation is 1. The maximum absolute atomic E-state index is 13.1. The lowest BCUT2D eigenvalue weighted by atomic mass is 10.1. The van der Waals surface area contributed by atoms with E-state index in [9.17, 15) is 14.9 Å². The summed E-state index contributed by atoms with van der Waals surface area (Å²) in [5, 5.41) is 14.4. The van der Waals surface area contributed by atoms with Crippen LogP contribution in [0.15, 0.2) is 34.2 Å². The molecule has 1 N–H and O–H groups in total. The lowest BCUT2D eigenvalue weighted by Gasteiger charge is -2.13. The summed E-state index contributed by atoms with van der Waals surface area (Å²) < 4.78 is 7.05. The van der Waals surface area contributed by atoms with Crippen LogP contribution in [0, 0.1) is 11.3 Å². The van der Waals surface area contributed by atoms with Crippen LogP contribution >= 0.6 is 23.1 Å². The van der Waals surface area contributed by atoms with Crippen LogP contribution in [0.2, 0.25) is 0 Å². The molecule has 0 saturated carbocycles. The molecule has 0 spiro atoms. The first-order chi connectivity index (χ1) is 16.6. The third-order valence-electron chi connectivity index (χ3n) is 5.82. The third kappa shape index (κ3) is 5.52. The van der Waals surface area contributed by atoms with Gasteiger partial charge in [0.15, 0.2) is 5.16 Å². The number of amides is 1. The van der Waals surface area contributed by atoms with Crippen LogP contribution in [0.5, 0.6) is 0 Å². The zero-order chi connectivity index (χ0) is 23.9. The second kappa shape index (κ2) is 11.6. The van der Waals surface area contributed by atoms with E-state index in [0.29, 0.717) is 52.8 Å². The number of aromatic nitrogens is 2. The summed E-state index contributed by atoms with van der Waals surface area (Å²) in [6.07, 6.45) is 5.92. The second-order valence-corrected chi connectivity index (χ2v) is 10.2. The Morgan fingerprint density at radius 1 is 1.29 bits per heavy atom. The zero-order valence-corrected chi connectivity index (χ0v) is 20.9. The van der Waals surface area contributed by atoms with Crippen molar-refractivity contribution in [2.75, 3.05) is 24.3 Å². The van der Waals surface area contributed by atoms with Gasteiger partial charge in [-0.05, 0) is 56.7 Å². The highest BCUT2D eigenvalue weighted by atomic mass is 32.2. The van der Waals surface area contributed by atoms with Gasteiger partial charge >= 0.3 is 0 Å². The molecule has 3 aromatic rings. The van der Waals surface area contributed by atoms with Crippen molar-refractivity contribution in [3.63, 3.8) is 0 Å². The number of nitrogens with one attached hydrogen (secondary N) is 1. The van der Waals surface area contributed by atoms with Gasteiger partial charge in [-0.1, -0.05) is 30.3 Å². The molecule has 178 valence electrons. The Kier molecular flexibility index (Phi) is 8.38. The SMILES string of the molecule is CCOCCCn1c(SCC(=O)Nc2sc3c(c2C#N)CCCCC3)nc2ccccc2c1=O. The van der Waals surface area contributed by atoms with Crippen LogP contribution < -0.4 is 10.9 Å². The molecule has 9 heteroatoms. The molecule has 0 radical (unpaired) electrons. The molecule has 0 saturated heterocycles. The predicted molar refractivity (Wildman–Crippen MR) is 137 cm³/mol. The van der Waals surface area contributed by atoms with Gasteiger partial charge in [0, 0.05) is 24.6 Å². The van der Waals surface area contributed by atoms with Gasteiger partial charge < -0.3 is 10.1 Å². The molecule has 1 aromatic carbocycles. The van der Waals surface area contributed by atoms with Crippen LogP contribution in [0.3, 0.4) is 0 Å². The number of anilines is 1. The van der Waals surface area contributed by atoms with E-state index in [2.05, 4.69) is 16.4 Å². The number of thioether (sulfide) groups is 1. The van der Waals surface area contributed by atoms with E-state index in [1.807, 2.05) is 25.1 Å². The number of thiophene rings is 1. The lowest BCUT2D eigenvalue weighted by molar-refractivity contribution is -0.113. The average molecular weight is 497 g/mol. The minimum Gasteiger partial charge on any atom is -0.382 e. The van der Waals surface area contributed by atoms with Gasteiger partial charge in [0.2, 0.25) is 5.91 Å². The van der Waals surface area contributed by atoms with E-state index in [1.165, 1.54) is 34.4 Å². The number of ether oxygens (including phenoxy) is 1. The number of carbonyl (C=O) groups is 1. The van der Waals surface area contributed by atoms with Crippen molar-refractivity contribution in [2.45, 2.75) is 57.1 Å². The lowest BCUT2D eigenvalue weighted by Crippen LogP contribution is -2.25. The summed E-state index contributed by atoms with van der Waals surface area (Å²) >= 11 is 2.76. The topological polar surface area (TPSA) is 97.0 Å². The van der Waals surface area contributed by atoms with Crippen molar-refractivity contribution >= 4 is 44.9 Å². The highest BCUT2D eigenvalue weighted by Gasteiger charge is 2.21. The second-order valence-electron chi connectivity index (χ2n) is 8.14. The number of carbonyl (C=O) groups excluding carboxylic acids is 1. The molecule has 4 rings (SSSR count). The Balaban J connectivity index is 1.51.